The number of hydrogen-bond acceptors (Lipinski definition) is 0. The predicted octanol–water partition coefficient (Wildman–Crippen LogP) is 3.67. The highest BCUT2D eigenvalue weighted by molar-refractivity contribution is 6.67. The molecular weight excluding hydrogens is 209 g/mol. The van der Waals surface area contributed by atoms with Gasteiger partial charge in [-0.05, 0) is 12.8 Å². The van der Waals surface area contributed by atoms with Crippen LogP contribution in [0.25, 0.3) is 0 Å². The fourth-order valence-electron chi connectivity index (χ4n) is 0.273. The molecule has 0 bridgehead atoms. The third-order valence-corrected chi connectivity index (χ3v) is 1.43. The summed E-state index contributed by atoms with van der Waals surface area (Å²) in [6, 6.07) is 0. The Morgan fingerprint density at radius 2 is 1.78 bits per heavy atom. The van der Waals surface area contributed by atoms with Gasteiger partial charge in [0.2, 0.25) is 0 Å². The van der Waals surface area contributed by atoms with E-state index in [0.717, 1.165) is 0 Å². The van der Waals surface area contributed by atoms with Crippen LogP contribution in [0.2, 0.25) is 0 Å². The van der Waals surface area contributed by atoms with Gasteiger partial charge in [-0.1, -0.05) is 46.4 Å². The molecule has 0 aromatic rings. The van der Waals surface area contributed by atoms with Gasteiger partial charge in [0.15, 0.2) is 9.42 Å². The summed E-state index contributed by atoms with van der Waals surface area (Å²) in [5, 5.41) is 0. The van der Waals surface area contributed by atoms with E-state index in [1.54, 1.807) is 0 Å². The molecule has 0 saturated carbocycles. The molecule has 0 aliphatic rings. The van der Waals surface area contributed by atoms with Crippen molar-refractivity contribution in [2.24, 2.45) is 0 Å². The SMILES string of the molecule is FC(Cl)CCC(Cl)(Cl)Cl. The molecule has 0 radical (unpaired) electrons. The second-order valence-electron chi connectivity index (χ2n) is 1.54. The van der Waals surface area contributed by atoms with E-state index < -0.39 is 9.42 Å². The average Bonchev–Trinajstić information content (AvgIpc) is 1.59. The summed E-state index contributed by atoms with van der Waals surface area (Å²) >= 11 is 20.8. The van der Waals surface area contributed by atoms with Crippen molar-refractivity contribution >= 4 is 46.4 Å². The van der Waals surface area contributed by atoms with Crippen LogP contribution in [-0.4, -0.2) is 9.42 Å². The van der Waals surface area contributed by atoms with E-state index in [1.165, 1.54) is 0 Å². The highest BCUT2D eigenvalue weighted by Crippen LogP contribution is 2.32. The average molecular weight is 214 g/mol. The summed E-state index contributed by atoms with van der Waals surface area (Å²) in [7, 11) is 0. The zero-order chi connectivity index (χ0) is 7.49. The number of halogens is 5. The first-order chi connectivity index (χ1) is 3.92. The monoisotopic (exact) mass is 212 g/mol. The topological polar surface area (TPSA) is 0 Å². The summed E-state index contributed by atoms with van der Waals surface area (Å²) in [5.41, 5.74) is -1.42. The first-order valence-corrected chi connectivity index (χ1v) is 3.84. The molecule has 0 rings (SSSR count). The van der Waals surface area contributed by atoms with Crippen LogP contribution >= 0.6 is 46.4 Å². The Hall–Kier alpha value is 1.09. The van der Waals surface area contributed by atoms with Crippen LogP contribution in [0.5, 0.6) is 0 Å². The van der Waals surface area contributed by atoms with Crippen LogP contribution in [0.15, 0.2) is 0 Å². The highest BCUT2D eigenvalue weighted by Gasteiger charge is 2.20. The normalized spacial score (nSPS) is 15.7. The smallest absolute Gasteiger partial charge is 0.190 e. The second-order valence-corrected chi connectivity index (χ2v) is 4.53. The lowest BCUT2D eigenvalue weighted by Crippen LogP contribution is -2.03. The Balaban J connectivity index is 3.28. The fourth-order valence-corrected chi connectivity index (χ4v) is 0.709. The van der Waals surface area contributed by atoms with Crippen LogP contribution < -0.4 is 0 Å². The van der Waals surface area contributed by atoms with Crippen molar-refractivity contribution in [2.75, 3.05) is 0 Å². The van der Waals surface area contributed by atoms with Crippen LogP contribution in [0.1, 0.15) is 12.8 Å². The van der Waals surface area contributed by atoms with Gasteiger partial charge in [0.25, 0.3) is 0 Å². The molecule has 1 atom stereocenters. The summed E-state index contributed by atoms with van der Waals surface area (Å²) in [6.07, 6.45) is 0.209. The number of rotatable bonds is 2. The molecule has 0 aliphatic carbocycles. The number of alkyl halides is 5. The van der Waals surface area contributed by atoms with Gasteiger partial charge in [0.05, 0.1) is 0 Å². The number of hydrogen-bond donors (Lipinski definition) is 0. The zero-order valence-corrected chi connectivity index (χ0v) is 7.41. The van der Waals surface area contributed by atoms with Crippen molar-refractivity contribution in [3.05, 3.63) is 0 Å². The van der Waals surface area contributed by atoms with Gasteiger partial charge in [-0.3, -0.25) is 0 Å². The molecule has 0 fully saturated rings. The third-order valence-electron chi connectivity index (χ3n) is 0.646. The van der Waals surface area contributed by atoms with Crippen molar-refractivity contribution < 1.29 is 4.39 Å². The molecule has 0 saturated heterocycles. The van der Waals surface area contributed by atoms with Crippen LogP contribution in [0.4, 0.5) is 4.39 Å². The molecule has 0 amide bonds. The van der Waals surface area contributed by atoms with Crippen molar-refractivity contribution in [3.63, 3.8) is 0 Å². The molecule has 0 nitrogen and oxygen atoms in total. The minimum Gasteiger partial charge on any atom is -0.230 e. The zero-order valence-electron chi connectivity index (χ0n) is 4.38. The largest absolute Gasteiger partial charge is 0.230 e. The maximum absolute atomic E-state index is 11.8. The van der Waals surface area contributed by atoms with Crippen molar-refractivity contribution in [1.29, 1.82) is 0 Å². The second kappa shape index (κ2) is 4.07. The molecule has 0 aliphatic heterocycles. The van der Waals surface area contributed by atoms with Crippen LogP contribution in [-0.2, 0) is 0 Å². The highest BCUT2D eigenvalue weighted by atomic mass is 35.6. The Morgan fingerprint density at radius 3 is 1.89 bits per heavy atom. The van der Waals surface area contributed by atoms with Crippen LogP contribution in [0.3, 0.4) is 0 Å². The van der Waals surface area contributed by atoms with Gasteiger partial charge in [-0.15, -0.1) is 0 Å². The van der Waals surface area contributed by atoms with E-state index in [1.807, 2.05) is 0 Å². The maximum Gasteiger partial charge on any atom is 0.190 e. The lowest BCUT2D eigenvalue weighted by molar-refractivity contribution is 0.413. The molecule has 0 heterocycles. The van der Waals surface area contributed by atoms with E-state index >= 15 is 0 Å². The lowest BCUT2D eigenvalue weighted by atomic mass is 10.4. The maximum atomic E-state index is 11.8. The summed E-state index contributed by atoms with van der Waals surface area (Å²) in [4.78, 5) is 0. The van der Waals surface area contributed by atoms with Crippen molar-refractivity contribution in [2.45, 2.75) is 22.3 Å². The Bertz CT molecular complexity index is 77.1. The molecule has 5 heteroatoms. The Labute approximate surface area is 73.2 Å². The van der Waals surface area contributed by atoms with E-state index in [9.17, 15) is 4.39 Å². The van der Waals surface area contributed by atoms with Gasteiger partial charge in [-0.2, -0.15) is 0 Å². The van der Waals surface area contributed by atoms with E-state index in [0.29, 0.717) is 0 Å². The third kappa shape index (κ3) is 9.09. The van der Waals surface area contributed by atoms with E-state index in [4.69, 9.17) is 46.4 Å². The van der Waals surface area contributed by atoms with Gasteiger partial charge >= 0.3 is 0 Å². The lowest BCUT2D eigenvalue weighted by Gasteiger charge is -2.08. The molecule has 56 valence electrons. The predicted molar refractivity (Wildman–Crippen MR) is 40.3 cm³/mol. The molecule has 1 unspecified atom stereocenters. The standard InChI is InChI=1S/C4H5Cl4F/c5-3(9)1-2-4(6,7)8/h3H,1-2H2. The fraction of sp³-hybridized carbons (Fsp3) is 1.00. The van der Waals surface area contributed by atoms with E-state index in [-0.39, 0.29) is 12.8 Å². The molecule has 0 N–H and O–H groups in total. The van der Waals surface area contributed by atoms with Crippen molar-refractivity contribution in [1.82, 2.24) is 0 Å². The Morgan fingerprint density at radius 1 is 1.33 bits per heavy atom. The Kier molecular flexibility index (Phi) is 4.56. The molecular formula is C4H5Cl4F. The van der Waals surface area contributed by atoms with Gasteiger partial charge in [0.1, 0.15) is 0 Å². The molecule has 9 heavy (non-hydrogen) atoms. The van der Waals surface area contributed by atoms with Gasteiger partial charge in [-0.25, -0.2) is 4.39 Å². The first kappa shape index (κ1) is 10.1. The van der Waals surface area contributed by atoms with Crippen molar-refractivity contribution in [3.8, 4) is 0 Å². The van der Waals surface area contributed by atoms with E-state index in [2.05, 4.69) is 0 Å². The van der Waals surface area contributed by atoms with Gasteiger partial charge in [0, 0.05) is 0 Å². The quantitative estimate of drug-likeness (QED) is 0.615. The molecule has 0 spiro atoms. The molecule has 0 aromatic heterocycles. The first-order valence-electron chi connectivity index (χ1n) is 2.27. The minimum atomic E-state index is -1.42. The summed E-state index contributed by atoms with van der Waals surface area (Å²) in [5.74, 6) is 0. The summed E-state index contributed by atoms with van der Waals surface area (Å²) < 4.78 is 10.4. The summed E-state index contributed by atoms with van der Waals surface area (Å²) in [6.45, 7) is 0. The molecule has 0 aromatic carbocycles. The minimum absolute atomic E-state index is 0.0675. The van der Waals surface area contributed by atoms with Gasteiger partial charge < -0.3 is 0 Å². The van der Waals surface area contributed by atoms with Crippen LogP contribution in [0, 0.1) is 0 Å².